The van der Waals surface area contributed by atoms with Gasteiger partial charge in [-0.05, 0) is 41.0 Å². The highest BCUT2D eigenvalue weighted by Crippen LogP contribution is 2.42. The maximum Gasteiger partial charge on any atom is 0.162 e. The Bertz CT molecular complexity index is 853. The van der Waals surface area contributed by atoms with Crippen LogP contribution in [0.4, 0.5) is 0 Å². The normalized spacial score (nSPS) is 16.8. The summed E-state index contributed by atoms with van der Waals surface area (Å²) in [6.45, 7) is 0.0271. The lowest BCUT2D eigenvalue weighted by atomic mass is 10.0. The summed E-state index contributed by atoms with van der Waals surface area (Å²) in [5.74, 6) is 0.540. The van der Waals surface area contributed by atoms with Crippen LogP contribution in [-0.2, 0) is 30.6 Å². The molecule has 106 valence electrons. The molecular formula is C17H15NO2S. The van der Waals surface area contributed by atoms with Crippen molar-refractivity contribution in [2.24, 2.45) is 7.05 Å². The Morgan fingerprint density at radius 2 is 2.05 bits per heavy atom. The fourth-order valence-corrected chi connectivity index (χ4v) is 4.58. The van der Waals surface area contributed by atoms with Crippen LogP contribution in [0.15, 0.2) is 47.4 Å². The SMILES string of the molecule is Cn1c2c(c3cc(CO)ccc31)C[S+]([O-])c1ccccc1-2. The highest BCUT2D eigenvalue weighted by Gasteiger charge is 2.31. The second-order valence-electron chi connectivity index (χ2n) is 5.38. The van der Waals surface area contributed by atoms with Gasteiger partial charge in [0.2, 0.25) is 0 Å². The molecular weight excluding hydrogens is 282 g/mol. The molecule has 0 saturated heterocycles. The smallest absolute Gasteiger partial charge is 0.162 e. The van der Waals surface area contributed by atoms with E-state index in [1.807, 2.05) is 49.5 Å². The van der Waals surface area contributed by atoms with Gasteiger partial charge in [0.1, 0.15) is 5.75 Å². The van der Waals surface area contributed by atoms with Crippen LogP contribution in [0, 0.1) is 0 Å². The molecule has 1 unspecified atom stereocenters. The first-order valence-electron chi connectivity index (χ1n) is 6.89. The quantitative estimate of drug-likeness (QED) is 0.702. The number of hydrogen-bond donors (Lipinski definition) is 1. The minimum atomic E-state index is -1.00. The third kappa shape index (κ3) is 1.77. The molecule has 2 heterocycles. The van der Waals surface area contributed by atoms with E-state index in [0.29, 0.717) is 5.75 Å². The van der Waals surface area contributed by atoms with Gasteiger partial charge in [0.15, 0.2) is 4.90 Å². The van der Waals surface area contributed by atoms with Crippen molar-refractivity contribution in [3.8, 4) is 11.3 Å². The van der Waals surface area contributed by atoms with Crippen LogP contribution >= 0.6 is 0 Å². The van der Waals surface area contributed by atoms with E-state index < -0.39 is 11.2 Å². The van der Waals surface area contributed by atoms with Gasteiger partial charge in [0, 0.05) is 23.5 Å². The second-order valence-corrected chi connectivity index (χ2v) is 6.80. The lowest BCUT2D eigenvalue weighted by Crippen LogP contribution is -2.13. The molecule has 1 aromatic heterocycles. The molecule has 2 aromatic carbocycles. The van der Waals surface area contributed by atoms with E-state index in [0.717, 1.165) is 38.2 Å². The van der Waals surface area contributed by atoms with Crippen LogP contribution in [-0.4, -0.2) is 14.2 Å². The van der Waals surface area contributed by atoms with Gasteiger partial charge in [-0.1, -0.05) is 18.2 Å². The largest absolute Gasteiger partial charge is 0.611 e. The maximum atomic E-state index is 12.5. The molecule has 21 heavy (non-hydrogen) atoms. The van der Waals surface area contributed by atoms with Crippen LogP contribution in [0.2, 0.25) is 0 Å². The lowest BCUT2D eigenvalue weighted by molar-refractivity contribution is 0.282. The summed E-state index contributed by atoms with van der Waals surface area (Å²) in [4.78, 5) is 0.915. The van der Waals surface area contributed by atoms with Gasteiger partial charge in [-0.25, -0.2) is 0 Å². The van der Waals surface area contributed by atoms with Crippen molar-refractivity contribution in [1.82, 2.24) is 4.57 Å². The molecule has 1 atom stereocenters. The highest BCUT2D eigenvalue weighted by molar-refractivity contribution is 7.90. The van der Waals surface area contributed by atoms with Crippen LogP contribution < -0.4 is 0 Å². The number of hydrogen-bond acceptors (Lipinski definition) is 2. The Morgan fingerprint density at radius 1 is 1.24 bits per heavy atom. The zero-order valence-corrected chi connectivity index (χ0v) is 12.5. The molecule has 0 radical (unpaired) electrons. The van der Waals surface area contributed by atoms with Crippen LogP contribution in [0.1, 0.15) is 11.1 Å². The van der Waals surface area contributed by atoms with Crippen molar-refractivity contribution in [2.75, 3.05) is 0 Å². The van der Waals surface area contributed by atoms with E-state index >= 15 is 0 Å². The van der Waals surface area contributed by atoms with E-state index in [2.05, 4.69) is 4.57 Å². The minimum Gasteiger partial charge on any atom is -0.611 e. The predicted octanol–water partition coefficient (Wildman–Crippen LogP) is 2.96. The maximum absolute atomic E-state index is 12.5. The van der Waals surface area contributed by atoms with Crippen molar-refractivity contribution in [1.29, 1.82) is 0 Å². The van der Waals surface area contributed by atoms with Crippen molar-refractivity contribution in [3.63, 3.8) is 0 Å². The minimum absolute atomic E-state index is 0.0271. The molecule has 0 fully saturated rings. The molecule has 0 aliphatic carbocycles. The number of nitrogens with zero attached hydrogens (tertiary/aromatic N) is 1. The molecule has 0 saturated carbocycles. The van der Waals surface area contributed by atoms with Gasteiger partial charge in [-0.3, -0.25) is 0 Å². The zero-order chi connectivity index (χ0) is 14.6. The average molecular weight is 297 g/mol. The standard InChI is InChI=1S/C17H15NO2S/c1-18-15-7-6-11(9-19)8-13(15)14-10-21(20)16-5-3-2-4-12(16)17(14)18/h2-8,19H,9-10H2,1H3. The molecule has 0 bridgehead atoms. The van der Waals surface area contributed by atoms with E-state index in [1.54, 1.807) is 0 Å². The number of aromatic nitrogens is 1. The molecule has 0 amide bonds. The first kappa shape index (κ1) is 13.0. The van der Waals surface area contributed by atoms with Crippen molar-refractivity contribution < 1.29 is 9.66 Å². The molecule has 1 aliphatic rings. The summed E-state index contributed by atoms with van der Waals surface area (Å²) in [6, 6.07) is 13.9. The Labute approximate surface area is 126 Å². The van der Waals surface area contributed by atoms with Gasteiger partial charge in [-0.15, -0.1) is 0 Å². The van der Waals surface area contributed by atoms with Gasteiger partial charge >= 0.3 is 0 Å². The lowest BCUT2D eigenvalue weighted by Gasteiger charge is -2.20. The number of aliphatic hydroxyl groups excluding tert-OH is 1. The molecule has 3 nitrogen and oxygen atoms in total. The average Bonchev–Trinajstić information content (AvgIpc) is 2.80. The van der Waals surface area contributed by atoms with Gasteiger partial charge < -0.3 is 14.2 Å². The van der Waals surface area contributed by atoms with Crippen LogP contribution in [0.5, 0.6) is 0 Å². The Kier molecular flexibility index (Phi) is 2.85. The number of benzene rings is 2. The second kappa shape index (κ2) is 4.63. The Balaban J connectivity index is 2.10. The Morgan fingerprint density at radius 3 is 2.86 bits per heavy atom. The van der Waals surface area contributed by atoms with Crippen molar-refractivity contribution in [3.05, 3.63) is 53.6 Å². The molecule has 4 heteroatoms. The zero-order valence-electron chi connectivity index (χ0n) is 11.7. The van der Waals surface area contributed by atoms with Crippen LogP contribution in [0.25, 0.3) is 22.2 Å². The summed E-state index contributed by atoms with van der Waals surface area (Å²) in [5.41, 5.74) is 5.34. The van der Waals surface area contributed by atoms with E-state index in [-0.39, 0.29) is 6.61 Å². The molecule has 1 aliphatic heterocycles. The topological polar surface area (TPSA) is 48.2 Å². The van der Waals surface area contributed by atoms with Crippen molar-refractivity contribution in [2.45, 2.75) is 17.3 Å². The van der Waals surface area contributed by atoms with E-state index in [4.69, 9.17) is 0 Å². The van der Waals surface area contributed by atoms with Crippen LogP contribution in [0.3, 0.4) is 0 Å². The van der Waals surface area contributed by atoms with E-state index in [1.165, 1.54) is 0 Å². The monoisotopic (exact) mass is 297 g/mol. The summed E-state index contributed by atoms with van der Waals surface area (Å²) < 4.78 is 14.7. The molecule has 0 spiro atoms. The first-order valence-corrected chi connectivity index (χ1v) is 8.21. The predicted molar refractivity (Wildman–Crippen MR) is 84.4 cm³/mol. The number of aliphatic hydroxyl groups is 1. The van der Waals surface area contributed by atoms with Gasteiger partial charge in [0.05, 0.1) is 17.9 Å². The van der Waals surface area contributed by atoms with Gasteiger partial charge in [0.25, 0.3) is 0 Å². The first-order chi connectivity index (χ1) is 10.2. The van der Waals surface area contributed by atoms with E-state index in [9.17, 15) is 9.66 Å². The summed E-state index contributed by atoms with van der Waals surface area (Å²) in [6.07, 6.45) is 0. The Hall–Kier alpha value is -1.75. The number of rotatable bonds is 1. The molecule has 3 aromatic rings. The molecule has 1 N–H and O–H groups in total. The fourth-order valence-electron chi connectivity index (χ4n) is 3.23. The third-order valence-corrected chi connectivity index (χ3v) is 5.61. The van der Waals surface area contributed by atoms with Gasteiger partial charge in [-0.2, -0.15) is 0 Å². The fraction of sp³-hybridized carbons (Fsp3) is 0.176. The third-order valence-electron chi connectivity index (χ3n) is 4.21. The number of aryl methyl sites for hydroxylation is 1. The summed E-state index contributed by atoms with van der Waals surface area (Å²) in [5, 5.41) is 10.4. The summed E-state index contributed by atoms with van der Waals surface area (Å²) in [7, 11) is 2.05. The summed E-state index contributed by atoms with van der Waals surface area (Å²) >= 11 is -1.00. The number of fused-ring (bicyclic) bond motifs is 5. The van der Waals surface area contributed by atoms with Crippen molar-refractivity contribution >= 4 is 22.1 Å². The highest BCUT2D eigenvalue weighted by atomic mass is 32.2. The molecule has 4 rings (SSSR count).